The molecule has 2 aromatic rings. The van der Waals surface area contributed by atoms with E-state index in [1.165, 1.54) is 12.8 Å². The molecule has 0 bridgehead atoms. The van der Waals surface area contributed by atoms with Crippen molar-refractivity contribution >= 4 is 17.5 Å². The predicted octanol–water partition coefficient (Wildman–Crippen LogP) is 2.31. The molecule has 0 amide bonds. The van der Waals surface area contributed by atoms with E-state index in [1.807, 2.05) is 24.3 Å². The van der Waals surface area contributed by atoms with Crippen molar-refractivity contribution in [1.82, 2.24) is 20.5 Å². The summed E-state index contributed by atoms with van der Waals surface area (Å²) in [7, 11) is 0. The van der Waals surface area contributed by atoms with Gasteiger partial charge in [0.2, 0.25) is 5.95 Å². The molecule has 3 heterocycles. The molecule has 2 aliphatic heterocycles. The van der Waals surface area contributed by atoms with Crippen molar-refractivity contribution in [2.75, 3.05) is 24.5 Å². The fraction of sp³-hybridized carbons (Fsp3) is 0.467. The van der Waals surface area contributed by atoms with E-state index in [4.69, 9.17) is 11.6 Å². The van der Waals surface area contributed by atoms with Crippen LogP contribution in [0.4, 0.5) is 5.95 Å². The second kappa shape index (κ2) is 5.31. The number of piperidine rings is 1. The van der Waals surface area contributed by atoms with Crippen molar-refractivity contribution in [2.45, 2.75) is 18.9 Å². The second-order valence-electron chi connectivity index (χ2n) is 5.81. The van der Waals surface area contributed by atoms with Gasteiger partial charge in [-0.15, -0.1) is 5.10 Å². The molecule has 0 radical (unpaired) electrons. The topological polar surface area (TPSA) is 56.8 Å². The van der Waals surface area contributed by atoms with Crippen LogP contribution in [0.15, 0.2) is 24.3 Å². The molecule has 4 rings (SSSR count). The van der Waals surface area contributed by atoms with Crippen molar-refractivity contribution in [3.8, 4) is 11.4 Å². The van der Waals surface area contributed by atoms with Gasteiger partial charge < -0.3 is 10.2 Å². The summed E-state index contributed by atoms with van der Waals surface area (Å²) in [5.74, 6) is 2.35. The molecule has 0 saturated carbocycles. The van der Waals surface area contributed by atoms with Crippen molar-refractivity contribution in [3.05, 3.63) is 29.3 Å². The van der Waals surface area contributed by atoms with E-state index in [-0.39, 0.29) is 0 Å². The number of benzene rings is 1. The smallest absolute Gasteiger partial charge is 0.245 e. The SMILES string of the molecule is Clc1ccc(-c2nc(N3CCCC4CNCC43)n[nH]2)cc1. The highest BCUT2D eigenvalue weighted by Gasteiger charge is 2.36. The molecule has 2 N–H and O–H groups in total. The first kappa shape index (κ1) is 13.1. The third kappa shape index (κ3) is 2.40. The van der Waals surface area contributed by atoms with Crippen LogP contribution in [0, 0.1) is 5.92 Å². The van der Waals surface area contributed by atoms with E-state index >= 15 is 0 Å². The van der Waals surface area contributed by atoms with Crippen molar-refractivity contribution in [1.29, 1.82) is 0 Å². The van der Waals surface area contributed by atoms with Crippen LogP contribution in [0.1, 0.15) is 12.8 Å². The summed E-state index contributed by atoms with van der Waals surface area (Å²) in [4.78, 5) is 7.03. The fourth-order valence-electron chi connectivity index (χ4n) is 3.43. The minimum Gasteiger partial charge on any atom is -0.335 e. The number of halogens is 1. The zero-order valence-electron chi connectivity index (χ0n) is 11.7. The van der Waals surface area contributed by atoms with Crippen molar-refractivity contribution in [3.63, 3.8) is 0 Å². The highest BCUT2D eigenvalue weighted by molar-refractivity contribution is 6.30. The van der Waals surface area contributed by atoms with Gasteiger partial charge in [0.1, 0.15) is 0 Å². The Labute approximate surface area is 128 Å². The summed E-state index contributed by atoms with van der Waals surface area (Å²) in [5, 5.41) is 11.7. The van der Waals surface area contributed by atoms with Gasteiger partial charge in [0.05, 0.1) is 0 Å². The van der Waals surface area contributed by atoms with Gasteiger partial charge in [-0.1, -0.05) is 11.6 Å². The van der Waals surface area contributed by atoms with Gasteiger partial charge in [0.15, 0.2) is 5.82 Å². The lowest BCUT2D eigenvalue weighted by Gasteiger charge is -2.36. The van der Waals surface area contributed by atoms with Gasteiger partial charge in [-0.3, -0.25) is 5.10 Å². The van der Waals surface area contributed by atoms with Gasteiger partial charge in [-0.25, -0.2) is 0 Å². The molecule has 1 aromatic carbocycles. The quantitative estimate of drug-likeness (QED) is 0.894. The standard InChI is InChI=1S/C15H18ClN5/c16-12-5-3-10(4-6-12)14-18-15(20-19-14)21-7-1-2-11-8-17-9-13(11)21/h3-6,11,13,17H,1-2,7-9H2,(H,18,19,20). The molecular weight excluding hydrogens is 286 g/mol. The molecular formula is C15H18ClN5. The number of fused-ring (bicyclic) bond motifs is 1. The molecule has 6 heteroatoms. The first-order valence-electron chi connectivity index (χ1n) is 7.47. The summed E-state index contributed by atoms with van der Waals surface area (Å²) >= 11 is 5.93. The summed E-state index contributed by atoms with van der Waals surface area (Å²) in [5.41, 5.74) is 1.01. The summed E-state index contributed by atoms with van der Waals surface area (Å²) in [6.45, 7) is 3.20. The molecule has 0 spiro atoms. The zero-order chi connectivity index (χ0) is 14.2. The summed E-state index contributed by atoms with van der Waals surface area (Å²) in [6, 6.07) is 8.20. The van der Waals surface area contributed by atoms with Crippen LogP contribution in [0.2, 0.25) is 5.02 Å². The molecule has 0 aliphatic carbocycles. The Morgan fingerprint density at radius 1 is 1.19 bits per heavy atom. The summed E-state index contributed by atoms with van der Waals surface area (Å²) in [6.07, 6.45) is 2.52. The Balaban J connectivity index is 1.60. The van der Waals surface area contributed by atoms with E-state index in [1.54, 1.807) is 0 Å². The van der Waals surface area contributed by atoms with E-state index in [0.717, 1.165) is 47.9 Å². The number of H-pyrrole nitrogens is 1. The first-order chi connectivity index (χ1) is 10.3. The van der Waals surface area contributed by atoms with Crippen LogP contribution in [0.5, 0.6) is 0 Å². The Morgan fingerprint density at radius 3 is 2.90 bits per heavy atom. The number of rotatable bonds is 2. The normalized spacial score (nSPS) is 25.1. The monoisotopic (exact) mass is 303 g/mol. The molecule has 5 nitrogen and oxygen atoms in total. The van der Waals surface area contributed by atoms with Crippen LogP contribution >= 0.6 is 11.6 Å². The number of nitrogens with one attached hydrogen (secondary N) is 2. The average molecular weight is 304 g/mol. The third-order valence-electron chi connectivity index (χ3n) is 4.53. The van der Waals surface area contributed by atoms with Crippen LogP contribution in [-0.2, 0) is 0 Å². The van der Waals surface area contributed by atoms with Crippen LogP contribution in [0.3, 0.4) is 0 Å². The Kier molecular flexibility index (Phi) is 3.31. The molecule has 2 fully saturated rings. The average Bonchev–Trinajstić information content (AvgIpc) is 3.16. The van der Waals surface area contributed by atoms with Crippen LogP contribution in [-0.4, -0.2) is 40.9 Å². The fourth-order valence-corrected chi connectivity index (χ4v) is 3.56. The van der Waals surface area contributed by atoms with Crippen LogP contribution in [0.25, 0.3) is 11.4 Å². The predicted molar refractivity (Wildman–Crippen MR) is 83.6 cm³/mol. The van der Waals surface area contributed by atoms with Crippen molar-refractivity contribution in [2.24, 2.45) is 5.92 Å². The van der Waals surface area contributed by atoms with E-state index < -0.39 is 0 Å². The molecule has 1 aromatic heterocycles. The molecule has 2 aliphatic rings. The van der Waals surface area contributed by atoms with E-state index in [0.29, 0.717) is 6.04 Å². The van der Waals surface area contributed by atoms with Gasteiger partial charge in [0, 0.05) is 36.3 Å². The number of hydrogen-bond acceptors (Lipinski definition) is 4. The number of anilines is 1. The van der Waals surface area contributed by atoms with Gasteiger partial charge in [-0.05, 0) is 43.0 Å². The number of aromatic amines is 1. The Bertz CT molecular complexity index is 623. The highest BCUT2D eigenvalue weighted by Crippen LogP contribution is 2.30. The Hall–Kier alpha value is -1.59. The van der Waals surface area contributed by atoms with Gasteiger partial charge >= 0.3 is 0 Å². The maximum atomic E-state index is 5.93. The maximum Gasteiger partial charge on any atom is 0.245 e. The van der Waals surface area contributed by atoms with Gasteiger partial charge in [0.25, 0.3) is 0 Å². The second-order valence-corrected chi connectivity index (χ2v) is 6.25. The highest BCUT2D eigenvalue weighted by atomic mass is 35.5. The van der Waals surface area contributed by atoms with E-state index in [9.17, 15) is 0 Å². The first-order valence-corrected chi connectivity index (χ1v) is 7.85. The molecule has 2 atom stereocenters. The largest absolute Gasteiger partial charge is 0.335 e. The lowest BCUT2D eigenvalue weighted by Crippen LogP contribution is -2.45. The zero-order valence-corrected chi connectivity index (χ0v) is 12.5. The number of hydrogen-bond donors (Lipinski definition) is 2. The Morgan fingerprint density at radius 2 is 2.05 bits per heavy atom. The molecule has 21 heavy (non-hydrogen) atoms. The molecule has 110 valence electrons. The molecule has 2 saturated heterocycles. The minimum absolute atomic E-state index is 0.535. The third-order valence-corrected chi connectivity index (χ3v) is 4.78. The number of aromatic nitrogens is 3. The molecule has 2 unspecified atom stereocenters. The van der Waals surface area contributed by atoms with E-state index in [2.05, 4.69) is 25.4 Å². The minimum atomic E-state index is 0.535. The van der Waals surface area contributed by atoms with Crippen molar-refractivity contribution < 1.29 is 0 Å². The van der Waals surface area contributed by atoms with Gasteiger partial charge in [-0.2, -0.15) is 4.98 Å². The number of nitrogens with zero attached hydrogens (tertiary/aromatic N) is 3. The lowest BCUT2D eigenvalue weighted by atomic mass is 9.92. The lowest BCUT2D eigenvalue weighted by molar-refractivity contribution is 0.381. The summed E-state index contributed by atoms with van der Waals surface area (Å²) < 4.78 is 0. The maximum absolute atomic E-state index is 5.93. The van der Waals surface area contributed by atoms with Crippen LogP contribution < -0.4 is 10.2 Å².